The predicted molar refractivity (Wildman–Crippen MR) is 80.3 cm³/mol. The molecule has 0 radical (unpaired) electrons. The Morgan fingerprint density at radius 1 is 1.22 bits per heavy atom. The summed E-state index contributed by atoms with van der Waals surface area (Å²) in [5, 5.41) is 3.20. The number of nitrogen functional groups attached to an aromatic ring is 1. The van der Waals surface area contributed by atoms with Gasteiger partial charge in [-0.1, -0.05) is 0 Å². The van der Waals surface area contributed by atoms with Crippen LogP contribution in [0.25, 0.3) is 0 Å². The van der Waals surface area contributed by atoms with E-state index < -0.39 is 0 Å². The fourth-order valence-corrected chi connectivity index (χ4v) is 2.21. The van der Waals surface area contributed by atoms with E-state index in [0.717, 1.165) is 20.4 Å². The molecule has 0 aliphatic rings. The molecule has 94 valence electrons. The third-order valence-electron chi connectivity index (χ3n) is 2.29. The standard InChI is InChI=1S/C12H11Br2N3O/c1-18-8-2-3-9(13)11(5-8)17-12-10(14)4-7(15)6-16-12/h2-6H,15H2,1H3,(H,16,17). The van der Waals surface area contributed by atoms with Gasteiger partial charge in [0.15, 0.2) is 0 Å². The van der Waals surface area contributed by atoms with Gasteiger partial charge in [-0.25, -0.2) is 4.98 Å². The maximum Gasteiger partial charge on any atom is 0.144 e. The number of benzene rings is 1. The Balaban J connectivity index is 2.33. The highest BCUT2D eigenvalue weighted by Crippen LogP contribution is 2.32. The lowest BCUT2D eigenvalue weighted by Crippen LogP contribution is -1.97. The van der Waals surface area contributed by atoms with Crippen LogP contribution in [0.1, 0.15) is 0 Å². The Morgan fingerprint density at radius 2 is 2.00 bits per heavy atom. The lowest BCUT2D eigenvalue weighted by molar-refractivity contribution is 0.415. The number of halogens is 2. The predicted octanol–water partition coefficient (Wildman–Crippen LogP) is 3.94. The lowest BCUT2D eigenvalue weighted by Gasteiger charge is -2.11. The number of hydrogen-bond donors (Lipinski definition) is 2. The summed E-state index contributed by atoms with van der Waals surface area (Å²) in [5.41, 5.74) is 7.12. The van der Waals surface area contributed by atoms with Gasteiger partial charge >= 0.3 is 0 Å². The third-order valence-corrected chi connectivity index (χ3v) is 3.58. The minimum absolute atomic E-state index is 0.608. The van der Waals surface area contributed by atoms with E-state index in [1.807, 2.05) is 18.2 Å². The fourth-order valence-electron chi connectivity index (χ4n) is 1.40. The molecule has 1 aromatic carbocycles. The first-order valence-corrected chi connectivity index (χ1v) is 6.70. The van der Waals surface area contributed by atoms with Crippen LogP contribution in [0.3, 0.4) is 0 Å². The van der Waals surface area contributed by atoms with Crippen LogP contribution >= 0.6 is 31.9 Å². The molecule has 0 amide bonds. The van der Waals surface area contributed by atoms with Gasteiger partial charge in [-0.15, -0.1) is 0 Å². The van der Waals surface area contributed by atoms with Crippen molar-refractivity contribution in [1.82, 2.24) is 4.98 Å². The number of pyridine rings is 1. The minimum Gasteiger partial charge on any atom is -0.497 e. The molecule has 0 spiro atoms. The number of ether oxygens (including phenoxy) is 1. The van der Waals surface area contributed by atoms with Crippen LogP contribution < -0.4 is 15.8 Å². The molecule has 0 aliphatic carbocycles. The average Bonchev–Trinajstić information content (AvgIpc) is 2.35. The molecule has 0 atom stereocenters. The summed E-state index contributed by atoms with van der Waals surface area (Å²) in [5.74, 6) is 1.46. The molecule has 6 heteroatoms. The Morgan fingerprint density at radius 3 is 2.67 bits per heavy atom. The summed E-state index contributed by atoms with van der Waals surface area (Å²) >= 11 is 6.88. The van der Waals surface area contributed by atoms with Crippen molar-refractivity contribution in [2.45, 2.75) is 0 Å². The second-order valence-electron chi connectivity index (χ2n) is 3.57. The van der Waals surface area contributed by atoms with Gasteiger partial charge in [-0.05, 0) is 50.1 Å². The molecule has 18 heavy (non-hydrogen) atoms. The second-order valence-corrected chi connectivity index (χ2v) is 5.28. The quantitative estimate of drug-likeness (QED) is 0.856. The minimum atomic E-state index is 0.608. The van der Waals surface area contributed by atoms with Crippen molar-refractivity contribution in [1.29, 1.82) is 0 Å². The number of anilines is 3. The number of hydrogen-bond acceptors (Lipinski definition) is 4. The van der Waals surface area contributed by atoms with E-state index >= 15 is 0 Å². The molecule has 1 heterocycles. The Kier molecular flexibility index (Phi) is 4.08. The van der Waals surface area contributed by atoms with Crippen molar-refractivity contribution >= 4 is 49.1 Å². The zero-order valence-electron chi connectivity index (χ0n) is 9.58. The van der Waals surface area contributed by atoms with Crippen LogP contribution in [0.15, 0.2) is 39.4 Å². The molecule has 2 rings (SSSR count). The Hall–Kier alpha value is -1.27. The third kappa shape index (κ3) is 2.94. The van der Waals surface area contributed by atoms with Gasteiger partial charge in [0.2, 0.25) is 0 Å². The van der Waals surface area contributed by atoms with Crippen molar-refractivity contribution in [2.24, 2.45) is 0 Å². The molecule has 0 saturated heterocycles. The molecule has 0 unspecified atom stereocenters. The zero-order valence-corrected chi connectivity index (χ0v) is 12.7. The molecule has 2 aromatic rings. The van der Waals surface area contributed by atoms with Gasteiger partial charge in [0.25, 0.3) is 0 Å². The van der Waals surface area contributed by atoms with Gasteiger partial charge in [0.05, 0.1) is 29.2 Å². The first-order chi connectivity index (χ1) is 8.60. The summed E-state index contributed by atoms with van der Waals surface area (Å²) in [6.07, 6.45) is 1.60. The van der Waals surface area contributed by atoms with E-state index in [1.165, 1.54) is 0 Å². The number of aromatic nitrogens is 1. The monoisotopic (exact) mass is 371 g/mol. The van der Waals surface area contributed by atoms with E-state index in [9.17, 15) is 0 Å². The van der Waals surface area contributed by atoms with Crippen LogP contribution in [0.5, 0.6) is 5.75 Å². The molecule has 3 N–H and O–H groups in total. The number of nitrogens with one attached hydrogen (secondary N) is 1. The average molecular weight is 373 g/mol. The van der Waals surface area contributed by atoms with Crippen molar-refractivity contribution in [3.8, 4) is 5.75 Å². The van der Waals surface area contributed by atoms with Gasteiger partial charge in [0, 0.05) is 10.5 Å². The Bertz CT molecular complexity index is 575. The number of rotatable bonds is 3. The zero-order chi connectivity index (χ0) is 13.1. The van der Waals surface area contributed by atoms with Crippen molar-refractivity contribution in [3.05, 3.63) is 39.4 Å². The second kappa shape index (κ2) is 5.58. The molecule has 4 nitrogen and oxygen atoms in total. The van der Waals surface area contributed by atoms with Crippen molar-refractivity contribution in [3.63, 3.8) is 0 Å². The van der Waals surface area contributed by atoms with Crippen LogP contribution in [0, 0.1) is 0 Å². The molecule has 0 fully saturated rings. The number of nitrogens with two attached hydrogens (primary N) is 1. The van der Waals surface area contributed by atoms with E-state index in [4.69, 9.17) is 10.5 Å². The van der Waals surface area contributed by atoms with E-state index in [-0.39, 0.29) is 0 Å². The van der Waals surface area contributed by atoms with E-state index in [1.54, 1.807) is 19.4 Å². The summed E-state index contributed by atoms with van der Waals surface area (Å²) in [4.78, 5) is 4.23. The van der Waals surface area contributed by atoms with Crippen molar-refractivity contribution in [2.75, 3.05) is 18.2 Å². The molecule has 0 saturated carbocycles. The summed E-state index contributed by atoms with van der Waals surface area (Å²) < 4.78 is 6.91. The first-order valence-electron chi connectivity index (χ1n) is 5.11. The molecular formula is C12H11Br2N3O. The number of methoxy groups -OCH3 is 1. The SMILES string of the molecule is COc1ccc(Br)c(Nc2ncc(N)cc2Br)c1. The topological polar surface area (TPSA) is 60.2 Å². The summed E-state index contributed by atoms with van der Waals surface area (Å²) in [7, 11) is 1.63. The summed E-state index contributed by atoms with van der Waals surface area (Å²) in [6, 6.07) is 7.46. The van der Waals surface area contributed by atoms with E-state index in [2.05, 4.69) is 42.2 Å². The first kappa shape index (κ1) is 13.2. The maximum absolute atomic E-state index is 5.65. The lowest BCUT2D eigenvalue weighted by atomic mass is 10.3. The fraction of sp³-hybridized carbons (Fsp3) is 0.0833. The highest BCUT2D eigenvalue weighted by Gasteiger charge is 2.06. The van der Waals surface area contributed by atoms with Gasteiger partial charge in [-0.2, -0.15) is 0 Å². The molecule has 0 bridgehead atoms. The highest BCUT2D eigenvalue weighted by molar-refractivity contribution is 9.11. The van der Waals surface area contributed by atoms with Gasteiger partial charge in [0.1, 0.15) is 11.6 Å². The van der Waals surface area contributed by atoms with Gasteiger partial charge < -0.3 is 15.8 Å². The van der Waals surface area contributed by atoms with Crippen LogP contribution in [-0.4, -0.2) is 12.1 Å². The van der Waals surface area contributed by atoms with Crippen molar-refractivity contribution < 1.29 is 4.74 Å². The Labute approximate surface area is 122 Å². The highest BCUT2D eigenvalue weighted by atomic mass is 79.9. The normalized spacial score (nSPS) is 10.2. The summed E-state index contributed by atoms with van der Waals surface area (Å²) in [6.45, 7) is 0. The number of nitrogens with zero attached hydrogens (tertiary/aromatic N) is 1. The van der Waals surface area contributed by atoms with Crippen LogP contribution in [0.4, 0.5) is 17.2 Å². The maximum atomic E-state index is 5.65. The molecule has 0 aliphatic heterocycles. The van der Waals surface area contributed by atoms with Crippen LogP contribution in [-0.2, 0) is 0 Å². The van der Waals surface area contributed by atoms with Gasteiger partial charge in [-0.3, -0.25) is 0 Å². The molecule has 1 aromatic heterocycles. The van der Waals surface area contributed by atoms with E-state index in [0.29, 0.717) is 11.5 Å². The van der Waals surface area contributed by atoms with Crippen LogP contribution in [0.2, 0.25) is 0 Å². The molecular weight excluding hydrogens is 362 g/mol. The largest absolute Gasteiger partial charge is 0.497 e. The smallest absolute Gasteiger partial charge is 0.144 e.